The van der Waals surface area contributed by atoms with Gasteiger partial charge in [-0.05, 0) is 24.6 Å². The summed E-state index contributed by atoms with van der Waals surface area (Å²) in [6.07, 6.45) is 0. The van der Waals surface area contributed by atoms with E-state index in [0.717, 1.165) is 16.9 Å². The zero-order valence-corrected chi connectivity index (χ0v) is 13.6. The Morgan fingerprint density at radius 2 is 2.05 bits per heavy atom. The molecule has 0 N–H and O–H groups in total. The Bertz CT molecular complexity index is 676. The summed E-state index contributed by atoms with van der Waals surface area (Å²) in [4.78, 5) is 10.6. The molecule has 0 spiro atoms. The van der Waals surface area contributed by atoms with Gasteiger partial charge in [-0.2, -0.15) is 0 Å². The largest absolute Gasteiger partial charge is 0.488 e. The number of hydrogen-bond acceptors (Lipinski definition) is 3. The fraction of sp³-hybridized carbons (Fsp3) is 0.200. The molecule has 0 aliphatic heterocycles. The topological polar surface area (TPSA) is 52.4 Å². The number of halogens is 2. The molecular weight excluding hydrogens is 358 g/mol. The fourth-order valence-electron chi connectivity index (χ4n) is 2.02. The van der Waals surface area contributed by atoms with Crippen LogP contribution in [0, 0.1) is 17.0 Å². The Hall–Kier alpha value is -1.59. The van der Waals surface area contributed by atoms with E-state index in [1.54, 1.807) is 6.07 Å². The van der Waals surface area contributed by atoms with E-state index < -0.39 is 4.92 Å². The van der Waals surface area contributed by atoms with Gasteiger partial charge in [-0.15, -0.1) is 0 Å². The van der Waals surface area contributed by atoms with E-state index in [-0.39, 0.29) is 12.3 Å². The summed E-state index contributed by atoms with van der Waals surface area (Å²) in [6.45, 7) is 2.04. The summed E-state index contributed by atoms with van der Waals surface area (Å²) in [7, 11) is 0. The number of nitrogens with zero attached hydrogens (tertiary/aromatic N) is 1. The molecule has 0 saturated heterocycles. The van der Waals surface area contributed by atoms with Crippen molar-refractivity contribution in [3.8, 4) is 5.75 Å². The van der Waals surface area contributed by atoms with Crippen molar-refractivity contribution in [2.24, 2.45) is 0 Å². The number of hydrogen-bond donors (Lipinski definition) is 0. The van der Waals surface area contributed by atoms with Gasteiger partial charge in [0.05, 0.1) is 10.5 Å². The molecule has 2 rings (SSSR count). The predicted molar refractivity (Wildman–Crippen MR) is 86.2 cm³/mol. The van der Waals surface area contributed by atoms with Gasteiger partial charge in [0.1, 0.15) is 12.4 Å². The first-order chi connectivity index (χ1) is 10.0. The molecule has 2 aromatic carbocycles. The summed E-state index contributed by atoms with van der Waals surface area (Å²) < 4.78 is 5.80. The lowest BCUT2D eigenvalue weighted by molar-refractivity contribution is -0.385. The van der Waals surface area contributed by atoms with Crippen molar-refractivity contribution in [2.75, 3.05) is 0 Å². The molecule has 0 unspecified atom stereocenters. The first-order valence-corrected chi connectivity index (χ1v) is 7.73. The summed E-state index contributed by atoms with van der Waals surface area (Å²) in [6, 6.07) is 10.3. The zero-order valence-electron chi connectivity index (χ0n) is 11.3. The summed E-state index contributed by atoms with van der Waals surface area (Å²) in [5.41, 5.74) is 2.45. The third-order valence-corrected chi connectivity index (χ3v) is 3.89. The highest BCUT2D eigenvalue weighted by Gasteiger charge is 2.15. The normalized spacial score (nSPS) is 10.4. The summed E-state index contributed by atoms with van der Waals surface area (Å²) in [5.74, 6) is 0.739. The maximum absolute atomic E-state index is 11.0. The van der Waals surface area contributed by atoms with E-state index in [0.29, 0.717) is 15.9 Å². The van der Waals surface area contributed by atoms with Crippen molar-refractivity contribution in [1.82, 2.24) is 0 Å². The fourth-order valence-corrected chi connectivity index (χ4v) is 2.66. The molecule has 0 aliphatic carbocycles. The van der Waals surface area contributed by atoms with Gasteiger partial charge in [-0.3, -0.25) is 10.1 Å². The van der Waals surface area contributed by atoms with Crippen molar-refractivity contribution in [3.63, 3.8) is 0 Å². The Morgan fingerprint density at radius 3 is 2.71 bits per heavy atom. The van der Waals surface area contributed by atoms with Gasteiger partial charge < -0.3 is 4.74 Å². The van der Waals surface area contributed by atoms with Crippen molar-refractivity contribution < 1.29 is 9.66 Å². The lowest BCUT2D eigenvalue weighted by Crippen LogP contribution is -2.03. The Kier molecular flexibility index (Phi) is 5.20. The second-order valence-corrected chi connectivity index (χ2v) is 5.51. The molecule has 0 amide bonds. The second-order valence-electron chi connectivity index (χ2n) is 4.52. The molecule has 0 saturated carbocycles. The summed E-state index contributed by atoms with van der Waals surface area (Å²) in [5, 5.41) is 12.1. The van der Waals surface area contributed by atoms with E-state index in [9.17, 15) is 10.1 Å². The number of nitro benzene ring substituents is 1. The number of benzene rings is 2. The molecule has 2 aromatic rings. The Labute approximate surface area is 136 Å². The van der Waals surface area contributed by atoms with Crippen LogP contribution in [0.2, 0.25) is 5.02 Å². The highest BCUT2D eigenvalue weighted by molar-refractivity contribution is 9.08. The lowest BCUT2D eigenvalue weighted by atomic mass is 10.1. The Morgan fingerprint density at radius 1 is 1.29 bits per heavy atom. The van der Waals surface area contributed by atoms with Crippen LogP contribution in [0.1, 0.15) is 16.7 Å². The molecule has 0 bridgehead atoms. The minimum atomic E-state index is -0.432. The number of alkyl halides is 1. The van der Waals surface area contributed by atoms with Gasteiger partial charge in [0, 0.05) is 22.0 Å². The van der Waals surface area contributed by atoms with Crippen LogP contribution >= 0.6 is 27.5 Å². The third kappa shape index (κ3) is 3.74. The minimum Gasteiger partial charge on any atom is -0.488 e. The van der Waals surface area contributed by atoms with E-state index in [2.05, 4.69) is 15.9 Å². The van der Waals surface area contributed by atoms with Gasteiger partial charge in [0.25, 0.3) is 5.69 Å². The molecule has 110 valence electrons. The van der Waals surface area contributed by atoms with E-state index in [1.165, 1.54) is 12.1 Å². The van der Waals surface area contributed by atoms with Crippen LogP contribution in [0.4, 0.5) is 5.69 Å². The average Bonchev–Trinajstić information content (AvgIpc) is 2.45. The smallest absolute Gasteiger partial charge is 0.276 e. The van der Waals surface area contributed by atoms with Crippen LogP contribution in [0.3, 0.4) is 0 Å². The third-order valence-electron chi connectivity index (χ3n) is 3.05. The lowest BCUT2D eigenvalue weighted by Gasteiger charge is -2.13. The van der Waals surface area contributed by atoms with E-state index in [4.69, 9.17) is 16.3 Å². The zero-order chi connectivity index (χ0) is 15.4. The molecule has 4 nitrogen and oxygen atoms in total. The molecule has 0 radical (unpaired) electrons. The molecule has 0 heterocycles. The SMILES string of the molecule is Cc1cccc(CBr)c1OCc1cc(Cl)ccc1[N+](=O)[O-]. The molecule has 0 fully saturated rings. The van der Waals surface area contributed by atoms with Crippen molar-refractivity contribution in [2.45, 2.75) is 18.9 Å². The first-order valence-electron chi connectivity index (χ1n) is 6.23. The van der Waals surface area contributed by atoms with Crippen molar-refractivity contribution in [1.29, 1.82) is 0 Å². The highest BCUT2D eigenvalue weighted by atomic mass is 79.9. The van der Waals surface area contributed by atoms with Crippen LogP contribution in [0.5, 0.6) is 5.75 Å². The van der Waals surface area contributed by atoms with Crippen molar-refractivity contribution >= 4 is 33.2 Å². The number of nitro groups is 1. The van der Waals surface area contributed by atoms with Crippen molar-refractivity contribution in [3.05, 3.63) is 68.2 Å². The summed E-state index contributed by atoms with van der Waals surface area (Å²) >= 11 is 9.32. The van der Waals surface area contributed by atoms with Gasteiger partial charge in [0.2, 0.25) is 0 Å². The quantitative estimate of drug-likeness (QED) is 0.421. The van der Waals surface area contributed by atoms with Crippen LogP contribution < -0.4 is 4.74 Å². The maximum atomic E-state index is 11.0. The number of aryl methyl sites for hydroxylation is 1. The van der Waals surface area contributed by atoms with E-state index >= 15 is 0 Å². The molecule has 21 heavy (non-hydrogen) atoms. The predicted octanol–water partition coefficient (Wildman–Crippen LogP) is 5.03. The molecule has 0 atom stereocenters. The molecular formula is C15H13BrClNO3. The maximum Gasteiger partial charge on any atom is 0.276 e. The van der Waals surface area contributed by atoms with Gasteiger partial charge in [-0.1, -0.05) is 45.7 Å². The molecule has 0 aliphatic rings. The van der Waals surface area contributed by atoms with Gasteiger partial charge in [-0.25, -0.2) is 0 Å². The number of para-hydroxylation sites is 1. The monoisotopic (exact) mass is 369 g/mol. The molecule has 0 aromatic heterocycles. The average molecular weight is 371 g/mol. The van der Waals surface area contributed by atoms with Crippen LogP contribution in [0.25, 0.3) is 0 Å². The van der Waals surface area contributed by atoms with Crippen LogP contribution in [-0.2, 0) is 11.9 Å². The van der Waals surface area contributed by atoms with Gasteiger partial charge in [0.15, 0.2) is 0 Å². The minimum absolute atomic E-state index is 0.00776. The number of rotatable bonds is 5. The second kappa shape index (κ2) is 6.91. The highest BCUT2D eigenvalue weighted by Crippen LogP contribution is 2.29. The first kappa shape index (κ1) is 15.8. The standard InChI is InChI=1S/C15H13BrClNO3/c1-10-3-2-4-11(8-16)15(10)21-9-12-7-13(17)5-6-14(12)18(19)20/h2-7H,8-9H2,1H3. The van der Waals surface area contributed by atoms with Crippen LogP contribution in [-0.4, -0.2) is 4.92 Å². The van der Waals surface area contributed by atoms with E-state index in [1.807, 2.05) is 25.1 Å². The number of ether oxygens (including phenoxy) is 1. The van der Waals surface area contributed by atoms with Gasteiger partial charge >= 0.3 is 0 Å². The molecule has 6 heteroatoms. The van der Waals surface area contributed by atoms with Crippen LogP contribution in [0.15, 0.2) is 36.4 Å². The Balaban J connectivity index is 2.28.